The molecule has 1 aromatic carbocycles. The minimum Gasteiger partial charge on any atom is -0.294 e. The number of benzene rings is 1. The molecule has 4 aliphatic carbocycles. The molecule has 0 saturated heterocycles. The van der Waals surface area contributed by atoms with Gasteiger partial charge in [-0.15, -0.1) is 0 Å². The summed E-state index contributed by atoms with van der Waals surface area (Å²) in [5.41, 5.74) is 0.686. The second kappa shape index (κ2) is 4.09. The molecule has 0 unspecified atom stereocenters. The van der Waals surface area contributed by atoms with Crippen LogP contribution in [0.5, 0.6) is 0 Å². The first-order valence-electron chi connectivity index (χ1n) is 7.46. The van der Waals surface area contributed by atoms with Gasteiger partial charge in [-0.05, 0) is 68.4 Å². The van der Waals surface area contributed by atoms with E-state index in [1.54, 1.807) is 0 Å². The molecule has 19 heavy (non-hydrogen) atoms. The van der Waals surface area contributed by atoms with Crippen LogP contribution in [0.2, 0.25) is 5.02 Å². The van der Waals surface area contributed by atoms with E-state index < -0.39 is 0 Å². The van der Waals surface area contributed by atoms with Gasteiger partial charge in [0.2, 0.25) is 0 Å². The highest BCUT2D eigenvalue weighted by molar-refractivity contribution is 6.34. The van der Waals surface area contributed by atoms with E-state index in [-0.39, 0.29) is 5.41 Å². The third-order valence-electron chi connectivity index (χ3n) is 5.64. The van der Waals surface area contributed by atoms with Crippen molar-refractivity contribution in [1.29, 1.82) is 0 Å². The zero-order valence-corrected chi connectivity index (χ0v) is 11.8. The van der Waals surface area contributed by atoms with Gasteiger partial charge < -0.3 is 0 Å². The molecular weight excluding hydrogens is 256 g/mol. The van der Waals surface area contributed by atoms with Crippen LogP contribution in [0.4, 0.5) is 0 Å². The van der Waals surface area contributed by atoms with Crippen molar-refractivity contribution >= 4 is 17.4 Å². The van der Waals surface area contributed by atoms with E-state index in [0.29, 0.717) is 10.8 Å². The van der Waals surface area contributed by atoms with Crippen LogP contribution in [-0.4, -0.2) is 5.78 Å². The average Bonchev–Trinajstić information content (AvgIpc) is 2.37. The molecule has 0 N–H and O–H groups in total. The van der Waals surface area contributed by atoms with Crippen molar-refractivity contribution in [2.75, 3.05) is 0 Å². The van der Waals surface area contributed by atoms with E-state index in [4.69, 9.17) is 11.6 Å². The number of ketones is 1. The van der Waals surface area contributed by atoms with Crippen LogP contribution in [0.15, 0.2) is 24.3 Å². The Kier molecular flexibility index (Phi) is 2.57. The minimum atomic E-state index is -0.0697. The maximum Gasteiger partial charge on any atom is 0.170 e. The topological polar surface area (TPSA) is 17.1 Å². The fourth-order valence-electron chi connectivity index (χ4n) is 5.32. The van der Waals surface area contributed by atoms with Crippen LogP contribution in [0, 0.1) is 23.2 Å². The molecule has 0 amide bonds. The lowest BCUT2D eigenvalue weighted by molar-refractivity contribution is -0.0353. The highest BCUT2D eigenvalue weighted by Gasteiger charge is 2.54. The molecular formula is C17H19ClO. The van der Waals surface area contributed by atoms with Gasteiger partial charge in [-0.2, -0.15) is 0 Å². The molecule has 0 aromatic heterocycles. The molecule has 0 aliphatic heterocycles. The molecule has 0 radical (unpaired) electrons. The summed E-state index contributed by atoms with van der Waals surface area (Å²) in [5.74, 6) is 2.74. The summed E-state index contributed by atoms with van der Waals surface area (Å²) in [7, 11) is 0. The summed E-state index contributed by atoms with van der Waals surface area (Å²) in [6, 6.07) is 7.58. The van der Waals surface area contributed by atoms with Gasteiger partial charge in [-0.25, -0.2) is 0 Å². The largest absolute Gasteiger partial charge is 0.294 e. The van der Waals surface area contributed by atoms with Crippen molar-refractivity contribution < 1.29 is 4.79 Å². The Morgan fingerprint density at radius 3 is 2.05 bits per heavy atom. The summed E-state index contributed by atoms with van der Waals surface area (Å²) in [5, 5.41) is 0.628. The molecule has 1 nitrogen and oxygen atoms in total. The molecule has 100 valence electrons. The second-order valence-electron chi connectivity index (χ2n) is 7.01. The monoisotopic (exact) mass is 274 g/mol. The number of halogens is 1. The lowest BCUT2D eigenvalue weighted by Crippen LogP contribution is -2.50. The van der Waals surface area contributed by atoms with Crippen molar-refractivity contribution in [3.63, 3.8) is 0 Å². The Bertz CT molecular complexity index is 499. The summed E-state index contributed by atoms with van der Waals surface area (Å²) < 4.78 is 0. The predicted molar refractivity (Wildman–Crippen MR) is 76.4 cm³/mol. The number of hydrogen-bond acceptors (Lipinski definition) is 1. The normalized spacial score (nSPS) is 39.5. The van der Waals surface area contributed by atoms with E-state index in [2.05, 4.69) is 0 Å². The molecule has 4 bridgehead atoms. The van der Waals surface area contributed by atoms with Crippen molar-refractivity contribution in [1.82, 2.24) is 0 Å². The van der Waals surface area contributed by atoms with Gasteiger partial charge in [0.25, 0.3) is 0 Å². The minimum absolute atomic E-state index is 0.0697. The number of Topliss-reactive ketones (excluding diaryl/α,β-unsaturated/α-hetero) is 1. The molecule has 4 saturated carbocycles. The van der Waals surface area contributed by atoms with Crippen LogP contribution < -0.4 is 0 Å². The Labute approximate surface area is 119 Å². The zero-order valence-electron chi connectivity index (χ0n) is 11.1. The number of rotatable bonds is 2. The van der Waals surface area contributed by atoms with Crippen molar-refractivity contribution in [2.45, 2.75) is 38.5 Å². The highest BCUT2D eigenvalue weighted by Crippen LogP contribution is 2.61. The molecule has 4 fully saturated rings. The third-order valence-corrected chi connectivity index (χ3v) is 5.97. The number of carbonyl (C=O) groups is 1. The maximum absolute atomic E-state index is 13.0. The lowest BCUT2D eigenvalue weighted by atomic mass is 9.48. The van der Waals surface area contributed by atoms with Gasteiger partial charge in [-0.3, -0.25) is 4.79 Å². The molecule has 4 aliphatic rings. The molecule has 2 heteroatoms. The van der Waals surface area contributed by atoms with Gasteiger partial charge in [0.05, 0.1) is 5.02 Å². The molecule has 5 rings (SSSR count). The Balaban J connectivity index is 1.72. The first kappa shape index (κ1) is 12.0. The lowest BCUT2D eigenvalue weighted by Gasteiger charge is -2.56. The zero-order chi connectivity index (χ0) is 13.0. The maximum atomic E-state index is 13.0. The van der Waals surface area contributed by atoms with Gasteiger partial charge >= 0.3 is 0 Å². The van der Waals surface area contributed by atoms with Crippen molar-refractivity contribution in [3.8, 4) is 0 Å². The van der Waals surface area contributed by atoms with Gasteiger partial charge in [-0.1, -0.05) is 23.7 Å². The quantitative estimate of drug-likeness (QED) is 0.712. The van der Waals surface area contributed by atoms with E-state index in [1.807, 2.05) is 24.3 Å². The SMILES string of the molecule is O=C(c1ccccc1Cl)C12CC3CC(CC(C3)C1)C2. The standard InChI is InChI=1S/C17H19ClO/c18-15-4-2-1-3-14(15)16(19)17-8-11-5-12(9-17)7-13(6-11)10-17/h1-4,11-13H,5-10H2. The first-order valence-corrected chi connectivity index (χ1v) is 7.83. The van der Waals surface area contributed by atoms with E-state index >= 15 is 0 Å². The fraction of sp³-hybridized carbons (Fsp3) is 0.588. The molecule has 0 atom stereocenters. The summed E-state index contributed by atoms with van der Waals surface area (Å²) in [6.07, 6.45) is 7.45. The predicted octanol–water partition coefficient (Wildman–Crippen LogP) is 4.74. The van der Waals surface area contributed by atoms with E-state index in [1.165, 1.54) is 19.3 Å². The summed E-state index contributed by atoms with van der Waals surface area (Å²) >= 11 is 6.24. The number of carbonyl (C=O) groups excluding carboxylic acids is 1. The first-order chi connectivity index (χ1) is 9.16. The Morgan fingerprint density at radius 2 is 1.53 bits per heavy atom. The van der Waals surface area contributed by atoms with Gasteiger partial charge in [0, 0.05) is 11.0 Å². The third kappa shape index (κ3) is 1.78. The van der Waals surface area contributed by atoms with Crippen LogP contribution in [0.1, 0.15) is 48.9 Å². The van der Waals surface area contributed by atoms with Gasteiger partial charge in [0.15, 0.2) is 5.78 Å². The van der Waals surface area contributed by atoms with Gasteiger partial charge in [0.1, 0.15) is 0 Å². The fourth-order valence-corrected chi connectivity index (χ4v) is 5.54. The average molecular weight is 275 g/mol. The van der Waals surface area contributed by atoms with Crippen LogP contribution in [0.25, 0.3) is 0 Å². The van der Waals surface area contributed by atoms with E-state index in [0.717, 1.165) is 42.6 Å². The second-order valence-corrected chi connectivity index (χ2v) is 7.41. The van der Waals surface area contributed by atoms with Crippen LogP contribution in [-0.2, 0) is 0 Å². The van der Waals surface area contributed by atoms with Crippen molar-refractivity contribution in [3.05, 3.63) is 34.9 Å². The molecule has 1 aromatic rings. The Morgan fingerprint density at radius 1 is 1.00 bits per heavy atom. The highest BCUT2D eigenvalue weighted by atomic mass is 35.5. The molecule has 0 spiro atoms. The van der Waals surface area contributed by atoms with Crippen molar-refractivity contribution in [2.24, 2.45) is 23.2 Å². The smallest absolute Gasteiger partial charge is 0.170 e. The Hall–Kier alpha value is -0.820. The number of hydrogen-bond donors (Lipinski definition) is 0. The van der Waals surface area contributed by atoms with E-state index in [9.17, 15) is 4.79 Å². The summed E-state index contributed by atoms with van der Waals surface area (Å²) in [4.78, 5) is 13.0. The molecule has 0 heterocycles. The summed E-state index contributed by atoms with van der Waals surface area (Å²) in [6.45, 7) is 0. The van der Waals surface area contributed by atoms with Crippen LogP contribution in [0.3, 0.4) is 0 Å². The van der Waals surface area contributed by atoms with Crippen LogP contribution >= 0.6 is 11.6 Å².